The monoisotopic (exact) mass is 429 g/mol. The minimum absolute atomic E-state index is 0.156. The van der Waals surface area contributed by atoms with E-state index < -0.39 is 6.04 Å². The molecule has 0 spiro atoms. The van der Waals surface area contributed by atoms with Crippen molar-refractivity contribution in [1.82, 2.24) is 15.5 Å². The van der Waals surface area contributed by atoms with Gasteiger partial charge in [0.1, 0.15) is 6.04 Å². The van der Waals surface area contributed by atoms with Crippen molar-refractivity contribution in [3.8, 4) is 23.0 Å². The van der Waals surface area contributed by atoms with Gasteiger partial charge in [0.05, 0.1) is 20.6 Å². The normalized spacial score (nSPS) is 11.6. The summed E-state index contributed by atoms with van der Waals surface area (Å²) >= 11 is 0. The molecule has 1 unspecified atom stereocenters. The molecule has 0 aliphatic rings. The summed E-state index contributed by atoms with van der Waals surface area (Å²) in [5.74, 6) is 1.71. The van der Waals surface area contributed by atoms with Crippen LogP contribution in [0.5, 0.6) is 11.5 Å². The average Bonchev–Trinajstić information content (AvgIpc) is 3.33. The highest BCUT2D eigenvalue weighted by Gasteiger charge is 2.23. The molecule has 1 atom stereocenters. The molecule has 0 fully saturated rings. The van der Waals surface area contributed by atoms with E-state index in [2.05, 4.69) is 15.5 Å². The van der Waals surface area contributed by atoms with Crippen molar-refractivity contribution < 1.29 is 18.7 Å². The molecular formula is C25H23N3O4. The van der Waals surface area contributed by atoms with Gasteiger partial charge in [-0.05, 0) is 35.4 Å². The number of carbonyl (C=O) groups is 1. The largest absolute Gasteiger partial charge is 0.493 e. The van der Waals surface area contributed by atoms with E-state index in [0.29, 0.717) is 23.3 Å². The van der Waals surface area contributed by atoms with Crippen LogP contribution in [0.25, 0.3) is 11.5 Å². The highest BCUT2D eigenvalue weighted by Crippen LogP contribution is 2.28. The predicted molar refractivity (Wildman–Crippen MR) is 119 cm³/mol. The number of rotatable bonds is 8. The zero-order valence-corrected chi connectivity index (χ0v) is 17.8. The Morgan fingerprint density at radius 2 is 1.59 bits per heavy atom. The van der Waals surface area contributed by atoms with E-state index in [1.807, 2.05) is 66.7 Å². The zero-order chi connectivity index (χ0) is 22.3. The number of aromatic nitrogens is 2. The van der Waals surface area contributed by atoms with Crippen LogP contribution in [0.1, 0.15) is 23.1 Å². The van der Waals surface area contributed by atoms with Crippen molar-refractivity contribution in [3.63, 3.8) is 0 Å². The van der Waals surface area contributed by atoms with Crippen LogP contribution in [-0.4, -0.2) is 30.3 Å². The lowest BCUT2D eigenvalue weighted by Crippen LogP contribution is -2.30. The van der Waals surface area contributed by atoms with Crippen LogP contribution in [0.15, 0.2) is 83.3 Å². The Morgan fingerprint density at radius 1 is 0.906 bits per heavy atom. The highest BCUT2D eigenvalue weighted by molar-refractivity contribution is 5.79. The van der Waals surface area contributed by atoms with Gasteiger partial charge in [-0.15, -0.1) is 10.2 Å². The van der Waals surface area contributed by atoms with Crippen LogP contribution in [0.3, 0.4) is 0 Å². The maximum Gasteiger partial charge on any atom is 0.247 e. The van der Waals surface area contributed by atoms with Crippen molar-refractivity contribution in [3.05, 3.63) is 95.9 Å². The summed E-state index contributed by atoms with van der Waals surface area (Å²) in [6, 6.07) is 23.9. The second-order valence-corrected chi connectivity index (χ2v) is 7.09. The SMILES string of the molecule is COc1ccc(CC(=O)NC(c2ccccc2)c2nnc(-c3ccccc3)o2)cc1OC. The Balaban J connectivity index is 1.57. The molecule has 0 radical (unpaired) electrons. The summed E-state index contributed by atoms with van der Waals surface area (Å²) in [6.45, 7) is 0. The first-order chi connectivity index (χ1) is 15.7. The lowest BCUT2D eigenvalue weighted by molar-refractivity contribution is -0.121. The first-order valence-corrected chi connectivity index (χ1v) is 10.1. The standard InChI is InChI=1S/C25H23N3O4/c1-30-20-14-13-17(15-21(20)31-2)16-22(29)26-23(18-9-5-3-6-10-18)25-28-27-24(32-25)19-11-7-4-8-12-19/h3-15,23H,16H2,1-2H3,(H,26,29). The Bertz CT molecular complexity index is 1180. The Hall–Kier alpha value is -4.13. The fourth-order valence-electron chi connectivity index (χ4n) is 3.37. The van der Waals surface area contributed by atoms with Gasteiger partial charge in [-0.2, -0.15) is 0 Å². The molecule has 0 aliphatic carbocycles. The van der Waals surface area contributed by atoms with Gasteiger partial charge < -0.3 is 19.2 Å². The van der Waals surface area contributed by atoms with Crippen LogP contribution in [0, 0.1) is 0 Å². The summed E-state index contributed by atoms with van der Waals surface area (Å²) in [4.78, 5) is 12.9. The molecule has 0 saturated carbocycles. The number of nitrogens with one attached hydrogen (secondary N) is 1. The van der Waals surface area contributed by atoms with E-state index in [1.54, 1.807) is 26.4 Å². The van der Waals surface area contributed by atoms with Crippen molar-refractivity contribution in [2.24, 2.45) is 0 Å². The van der Waals surface area contributed by atoms with E-state index in [4.69, 9.17) is 13.9 Å². The molecule has 1 N–H and O–H groups in total. The van der Waals surface area contributed by atoms with Crippen molar-refractivity contribution in [1.29, 1.82) is 0 Å². The molecule has 0 saturated heterocycles. The minimum Gasteiger partial charge on any atom is -0.493 e. The van der Waals surface area contributed by atoms with Crippen molar-refractivity contribution in [2.75, 3.05) is 14.2 Å². The number of nitrogens with zero attached hydrogens (tertiary/aromatic N) is 2. The molecule has 0 bridgehead atoms. The van der Waals surface area contributed by atoms with E-state index in [1.165, 1.54) is 0 Å². The summed E-state index contributed by atoms with van der Waals surface area (Å²) in [7, 11) is 3.13. The maximum absolute atomic E-state index is 12.9. The Kier molecular flexibility index (Phi) is 6.46. The molecule has 1 heterocycles. The summed E-state index contributed by atoms with van der Waals surface area (Å²) in [5.41, 5.74) is 2.45. The molecular weight excluding hydrogens is 406 g/mol. The molecule has 1 aromatic heterocycles. The van der Waals surface area contributed by atoms with E-state index >= 15 is 0 Å². The van der Waals surface area contributed by atoms with Gasteiger partial charge in [-0.3, -0.25) is 4.79 Å². The molecule has 4 aromatic rings. The van der Waals surface area contributed by atoms with E-state index in [-0.39, 0.29) is 12.3 Å². The van der Waals surface area contributed by atoms with Crippen LogP contribution in [0.2, 0.25) is 0 Å². The second-order valence-electron chi connectivity index (χ2n) is 7.09. The van der Waals surface area contributed by atoms with Crippen LogP contribution < -0.4 is 14.8 Å². The maximum atomic E-state index is 12.9. The van der Waals surface area contributed by atoms with Crippen molar-refractivity contribution >= 4 is 5.91 Å². The molecule has 7 heteroatoms. The molecule has 7 nitrogen and oxygen atoms in total. The van der Waals surface area contributed by atoms with Gasteiger partial charge in [0, 0.05) is 5.56 Å². The fraction of sp³-hybridized carbons (Fsp3) is 0.160. The smallest absolute Gasteiger partial charge is 0.247 e. The molecule has 3 aromatic carbocycles. The Labute approximate surface area is 186 Å². The van der Waals surface area contributed by atoms with E-state index in [9.17, 15) is 4.79 Å². The summed E-state index contributed by atoms with van der Waals surface area (Å²) in [5, 5.41) is 11.4. The molecule has 4 rings (SSSR count). The van der Waals surface area contributed by atoms with Gasteiger partial charge in [0.15, 0.2) is 11.5 Å². The summed E-state index contributed by atoms with van der Waals surface area (Å²) < 4.78 is 16.5. The highest BCUT2D eigenvalue weighted by atomic mass is 16.5. The first kappa shape index (κ1) is 21.1. The van der Waals surface area contributed by atoms with Crippen molar-refractivity contribution in [2.45, 2.75) is 12.5 Å². The number of ether oxygens (including phenoxy) is 2. The van der Waals surface area contributed by atoms with Gasteiger partial charge in [0.2, 0.25) is 17.7 Å². The van der Waals surface area contributed by atoms with Crippen LogP contribution in [-0.2, 0) is 11.2 Å². The molecule has 162 valence electrons. The summed E-state index contributed by atoms with van der Waals surface area (Å²) in [6.07, 6.45) is 0.156. The molecule has 32 heavy (non-hydrogen) atoms. The number of methoxy groups -OCH3 is 2. The molecule has 1 amide bonds. The lowest BCUT2D eigenvalue weighted by atomic mass is 10.1. The third-order valence-corrected chi connectivity index (χ3v) is 4.96. The minimum atomic E-state index is -0.575. The number of amides is 1. The second kappa shape index (κ2) is 9.78. The number of carbonyl (C=O) groups excluding carboxylic acids is 1. The van der Waals surface area contributed by atoms with Crippen LogP contribution >= 0.6 is 0 Å². The topological polar surface area (TPSA) is 86.5 Å². The zero-order valence-electron chi connectivity index (χ0n) is 17.8. The first-order valence-electron chi connectivity index (χ1n) is 10.1. The van der Waals surface area contributed by atoms with Gasteiger partial charge >= 0.3 is 0 Å². The predicted octanol–water partition coefficient (Wildman–Crippen LogP) is 4.20. The quantitative estimate of drug-likeness (QED) is 0.452. The lowest BCUT2D eigenvalue weighted by Gasteiger charge is -2.16. The third kappa shape index (κ3) is 4.78. The number of hydrogen-bond acceptors (Lipinski definition) is 6. The number of benzene rings is 3. The number of hydrogen-bond donors (Lipinski definition) is 1. The van der Waals surface area contributed by atoms with Gasteiger partial charge in [-0.1, -0.05) is 54.6 Å². The molecule has 0 aliphatic heterocycles. The van der Waals surface area contributed by atoms with Gasteiger partial charge in [-0.25, -0.2) is 0 Å². The third-order valence-electron chi connectivity index (χ3n) is 4.96. The van der Waals surface area contributed by atoms with Gasteiger partial charge in [0.25, 0.3) is 0 Å². The average molecular weight is 429 g/mol. The fourth-order valence-corrected chi connectivity index (χ4v) is 3.37. The Morgan fingerprint density at radius 3 is 2.28 bits per heavy atom. The van der Waals surface area contributed by atoms with Crippen LogP contribution in [0.4, 0.5) is 0 Å². The van der Waals surface area contributed by atoms with E-state index in [0.717, 1.165) is 16.7 Å².